The smallest absolute Gasteiger partial charge is 0.264 e. The molecule has 1 aromatic carbocycles. The van der Waals surface area contributed by atoms with Gasteiger partial charge in [-0.25, -0.2) is 0 Å². The van der Waals surface area contributed by atoms with Crippen LogP contribution in [0.5, 0.6) is 5.75 Å². The molecule has 4 nitrogen and oxygen atoms in total. The van der Waals surface area contributed by atoms with E-state index in [1.807, 2.05) is 24.3 Å². The van der Waals surface area contributed by atoms with E-state index >= 15 is 0 Å². The third kappa shape index (κ3) is 3.94. The molecular formula is C14H20O4S. The summed E-state index contributed by atoms with van der Waals surface area (Å²) in [5.41, 5.74) is 1.12. The van der Waals surface area contributed by atoms with Crippen LogP contribution in [0.3, 0.4) is 0 Å². The highest BCUT2D eigenvalue weighted by molar-refractivity contribution is 7.86. The lowest BCUT2D eigenvalue weighted by atomic mass is 9.82. The zero-order valence-electron chi connectivity index (χ0n) is 11.3. The predicted molar refractivity (Wildman–Crippen MR) is 73.9 cm³/mol. The van der Waals surface area contributed by atoms with Gasteiger partial charge in [0.2, 0.25) is 0 Å². The molecule has 0 N–H and O–H groups in total. The highest BCUT2D eigenvalue weighted by atomic mass is 32.2. The van der Waals surface area contributed by atoms with Crippen molar-refractivity contribution < 1.29 is 17.3 Å². The van der Waals surface area contributed by atoms with Crippen LogP contribution in [0.15, 0.2) is 24.3 Å². The Hall–Kier alpha value is -1.07. The van der Waals surface area contributed by atoms with Crippen LogP contribution in [0, 0.1) is 0 Å². The quantitative estimate of drug-likeness (QED) is 0.798. The van der Waals surface area contributed by atoms with Crippen LogP contribution in [0.4, 0.5) is 0 Å². The van der Waals surface area contributed by atoms with Gasteiger partial charge in [-0.15, -0.1) is 0 Å². The zero-order chi connectivity index (χ0) is 13.9. The second-order valence-electron chi connectivity index (χ2n) is 5.00. The Labute approximate surface area is 114 Å². The molecule has 2 rings (SSSR count). The van der Waals surface area contributed by atoms with Crippen molar-refractivity contribution in [2.45, 2.75) is 37.7 Å². The van der Waals surface area contributed by atoms with Gasteiger partial charge in [-0.05, 0) is 30.5 Å². The number of hydrogen-bond acceptors (Lipinski definition) is 4. The summed E-state index contributed by atoms with van der Waals surface area (Å²) in [6.07, 6.45) is 4.77. The molecule has 1 aliphatic carbocycles. The van der Waals surface area contributed by atoms with Crippen molar-refractivity contribution in [1.29, 1.82) is 0 Å². The maximum Gasteiger partial charge on any atom is 0.264 e. The van der Waals surface area contributed by atoms with Gasteiger partial charge in [-0.2, -0.15) is 8.42 Å². The second kappa shape index (κ2) is 5.92. The van der Waals surface area contributed by atoms with Gasteiger partial charge in [0.15, 0.2) is 0 Å². The average Bonchev–Trinajstić information content (AvgIpc) is 2.38. The first kappa shape index (κ1) is 14.3. The lowest BCUT2D eigenvalue weighted by Gasteiger charge is -2.30. The summed E-state index contributed by atoms with van der Waals surface area (Å²) in [6.45, 7) is 0. The van der Waals surface area contributed by atoms with Crippen LogP contribution in [0.25, 0.3) is 0 Å². The fraction of sp³-hybridized carbons (Fsp3) is 0.571. The topological polar surface area (TPSA) is 52.6 Å². The van der Waals surface area contributed by atoms with Crippen LogP contribution >= 0.6 is 0 Å². The molecular weight excluding hydrogens is 264 g/mol. The van der Waals surface area contributed by atoms with Crippen molar-refractivity contribution in [3.63, 3.8) is 0 Å². The molecule has 1 aliphatic rings. The predicted octanol–water partition coefficient (Wildman–Crippen LogP) is 2.70. The first-order chi connectivity index (χ1) is 8.99. The molecule has 0 radical (unpaired) electrons. The monoisotopic (exact) mass is 284 g/mol. The maximum atomic E-state index is 11.3. The molecule has 5 heteroatoms. The summed E-state index contributed by atoms with van der Waals surface area (Å²) in [7, 11) is -1.77. The number of ether oxygens (including phenoxy) is 1. The lowest BCUT2D eigenvalue weighted by molar-refractivity contribution is 0.138. The van der Waals surface area contributed by atoms with E-state index in [2.05, 4.69) is 0 Å². The Morgan fingerprint density at radius 2 is 1.74 bits per heavy atom. The molecule has 1 fully saturated rings. The van der Waals surface area contributed by atoms with Crippen molar-refractivity contribution >= 4 is 10.1 Å². The molecule has 1 saturated carbocycles. The van der Waals surface area contributed by atoms with Gasteiger partial charge in [0.25, 0.3) is 10.1 Å². The van der Waals surface area contributed by atoms with E-state index in [-0.39, 0.29) is 12.0 Å². The van der Waals surface area contributed by atoms with E-state index in [4.69, 9.17) is 8.92 Å². The van der Waals surface area contributed by atoms with Gasteiger partial charge in [-0.3, -0.25) is 4.18 Å². The van der Waals surface area contributed by atoms with E-state index in [1.165, 1.54) is 0 Å². The van der Waals surface area contributed by atoms with Crippen molar-refractivity contribution in [2.75, 3.05) is 13.4 Å². The SMILES string of the molecule is COc1ccc(C2CCCCC2OS(C)(=O)=O)cc1. The minimum Gasteiger partial charge on any atom is -0.497 e. The normalized spacial score (nSPS) is 24.1. The molecule has 1 aromatic rings. The van der Waals surface area contributed by atoms with Crippen LogP contribution < -0.4 is 4.74 Å². The third-order valence-electron chi connectivity index (χ3n) is 3.54. The van der Waals surface area contributed by atoms with Crippen molar-refractivity contribution in [3.05, 3.63) is 29.8 Å². The third-order valence-corrected chi connectivity index (χ3v) is 4.14. The first-order valence-electron chi connectivity index (χ1n) is 6.52. The highest BCUT2D eigenvalue weighted by Gasteiger charge is 2.29. The molecule has 0 aliphatic heterocycles. The van der Waals surface area contributed by atoms with Gasteiger partial charge in [0.05, 0.1) is 19.5 Å². The van der Waals surface area contributed by atoms with Crippen molar-refractivity contribution in [1.82, 2.24) is 0 Å². The van der Waals surface area contributed by atoms with Crippen molar-refractivity contribution in [2.24, 2.45) is 0 Å². The van der Waals surface area contributed by atoms with Gasteiger partial charge in [0, 0.05) is 5.92 Å². The summed E-state index contributed by atoms with van der Waals surface area (Å²) in [6, 6.07) is 7.80. The molecule has 0 heterocycles. The molecule has 19 heavy (non-hydrogen) atoms. The Kier molecular flexibility index (Phi) is 4.47. The number of rotatable bonds is 4. The summed E-state index contributed by atoms with van der Waals surface area (Å²) < 4.78 is 33.0. The van der Waals surface area contributed by atoms with E-state index in [0.717, 1.165) is 43.3 Å². The van der Waals surface area contributed by atoms with Crippen molar-refractivity contribution in [3.8, 4) is 5.75 Å². The lowest BCUT2D eigenvalue weighted by Crippen LogP contribution is -2.28. The van der Waals surface area contributed by atoms with Gasteiger partial charge in [-0.1, -0.05) is 25.0 Å². The standard InChI is InChI=1S/C14H20O4S/c1-17-12-9-7-11(8-10-12)13-5-3-4-6-14(13)18-19(2,15)16/h7-10,13-14H,3-6H2,1-2H3. The fourth-order valence-corrected chi connectivity index (χ4v) is 3.35. The van der Waals surface area contributed by atoms with E-state index < -0.39 is 10.1 Å². The molecule has 2 atom stereocenters. The summed E-state index contributed by atoms with van der Waals surface area (Å²) in [5.74, 6) is 0.953. The molecule has 106 valence electrons. The Morgan fingerprint density at radius 1 is 1.11 bits per heavy atom. The molecule has 0 amide bonds. The number of methoxy groups -OCH3 is 1. The Balaban J connectivity index is 2.18. The summed E-state index contributed by atoms with van der Waals surface area (Å²) >= 11 is 0. The molecule has 0 aromatic heterocycles. The summed E-state index contributed by atoms with van der Waals surface area (Å²) in [4.78, 5) is 0. The summed E-state index contributed by atoms with van der Waals surface area (Å²) in [5, 5.41) is 0. The fourth-order valence-electron chi connectivity index (χ4n) is 2.67. The van der Waals surface area contributed by atoms with Crippen LogP contribution in [-0.2, 0) is 14.3 Å². The van der Waals surface area contributed by atoms with E-state index in [0.29, 0.717) is 0 Å². The molecule has 0 spiro atoms. The molecule has 0 saturated heterocycles. The largest absolute Gasteiger partial charge is 0.497 e. The zero-order valence-corrected chi connectivity index (χ0v) is 12.2. The Bertz CT molecular complexity index is 507. The van der Waals surface area contributed by atoms with Gasteiger partial charge >= 0.3 is 0 Å². The second-order valence-corrected chi connectivity index (χ2v) is 6.60. The Morgan fingerprint density at radius 3 is 2.32 bits per heavy atom. The minimum absolute atomic E-state index is 0.148. The number of hydrogen-bond donors (Lipinski definition) is 0. The van der Waals surface area contributed by atoms with Crippen LogP contribution in [0.2, 0.25) is 0 Å². The highest BCUT2D eigenvalue weighted by Crippen LogP contribution is 2.36. The molecule has 2 unspecified atom stereocenters. The molecule has 0 bridgehead atoms. The first-order valence-corrected chi connectivity index (χ1v) is 8.33. The number of benzene rings is 1. The van der Waals surface area contributed by atoms with Gasteiger partial charge in [0.1, 0.15) is 5.75 Å². The van der Waals surface area contributed by atoms with Crippen LogP contribution in [-0.4, -0.2) is 27.9 Å². The van der Waals surface area contributed by atoms with Crippen LogP contribution in [0.1, 0.15) is 37.2 Å². The van der Waals surface area contributed by atoms with E-state index in [1.54, 1.807) is 7.11 Å². The average molecular weight is 284 g/mol. The minimum atomic E-state index is -3.40. The van der Waals surface area contributed by atoms with E-state index in [9.17, 15) is 8.42 Å². The van der Waals surface area contributed by atoms with Gasteiger partial charge < -0.3 is 4.74 Å². The maximum absolute atomic E-state index is 11.3.